The van der Waals surface area contributed by atoms with Crippen molar-refractivity contribution in [1.29, 1.82) is 0 Å². The third-order valence-corrected chi connectivity index (χ3v) is 3.02. The maximum absolute atomic E-state index is 4.93. The second-order valence-corrected chi connectivity index (χ2v) is 4.54. The first kappa shape index (κ1) is 13.1. The maximum atomic E-state index is 4.93. The van der Waals surface area contributed by atoms with Crippen molar-refractivity contribution >= 4 is 12.2 Å². The lowest BCUT2D eigenvalue weighted by atomic mass is 10.1. The molecule has 0 fully saturated rings. The molecular formula is C18H14N2O. The van der Waals surface area contributed by atoms with Gasteiger partial charge in [-0.05, 0) is 29.4 Å². The molecule has 21 heavy (non-hydrogen) atoms. The smallest absolute Gasteiger partial charge is 0.124 e. The molecule has 2 aromatic rings. The number of benzene rings is 2. The van der Waals surface area contributed by atoms with E-state index in [0.29, 0.717) is 0 Å². The fraction of sp³-hybridized carbons (Fsp3) is 0. The molecule has 102 valence electrons. The van der Waals surface area contributed by atoms with Gasteiger partial charge in [0.1, 0.15) is 6.26 Å². The summed E-state index contributed by atoms with van der Waals surface area (Å²) in [7, 11) is 0. The molecule has 1 aliphatic rings. The van der Waals surface area contributed by atoms with Crippen LogP contribution in [0, 0.1) is 0 Å². The van der Waals surface area contributed by atoms with Gasteiger partial charge in [0.05, 0.1) is 5.70 Å². The number of hydrogen-bond donors (Lipinski definition) is 0. The number of nitrogens with zero attached hydrogens (tertiary/aromatic N) is 2. The SMILES string of the molecule is C1=CC(=Cc2ccccc2)C(=Cc2ccccc2)N=NO1. The van der Waals surface area contributed by atoms with Crippen LogP contribution in [0.1, 0.15) is 11.1 Å². The molecule has 0 spiro atoms. The van der Waals surface area contributed by atoms with Crippen LogP contribution in [0.15, 0.2) is 94.7 Å². The largest absolute Gasteiger partial charge is 0.347 e. The predicted octanol–water partition coefficient (Wildman–Crippen LogP) is 5.02. The number of allylic oxidation sites excluding steroid dienone is 1. The van der Waals surface area contributed by atoms with Gasteiger partial charge in [0.25, 0.3) is 0 Å². The molecule has 0 N–H and O–H groups in total. The van der Waals surface area contributed by atoms with Crippen LogP contribution < -0.4 is 0 Å². The van der Waals surface area contributed by atoms with Crippen molar-refractivity contribution in [1.82, 2.24) is 0 Å². The Labute approximate surface area is 123 Å². The molecule has 0 atom stereocenters. The molecule has 0 aromatic heterocycles. The molecule has 0 aliphatic carbocycles. The minimum Gasteiger partial charge on any atom is -0.347 e. The maximum Gasteiger partial charge on any atom is 0.124 e. The topological polar surface area (TPSA) is 34.0 Å². The second kappa shape index (κ2) is 6.48. The Kier molecular flexibility index (Phi) is 4.03. The molecule has 0 unspecified atom stereocenters. The lowest BCUT2D eigenvalue weighted by Crippen LogP contribution is -1.84. The summed E-state index contributed by atoms with van der Waals surface area (Å²) in [6.45, 7) is 0. The summed E-state index contributed by atoms with van der Waals surface area (Å²) in [6, 6.07) is 20.1. The third kappa shape index (κ3) is 3.54. The van der Waals surface area contributed by atoms with Gasteiger partial charge in [-0.15, -0.1) is 5.11 Å². The summed E-state index contributed by atoms with van der Waals surface area (Å²) < 4.78 is 0. The van der Waals surface area contributed by atoms with Crippen LogP contribution in [0.25, 0.3) is 12.2 Å². The normalized spacial score (nSPS) is 17.7. The molecule has 1 aliphatic heterocycles. The minimum atomic E-state index is 0.763. The quantitative estimate of drug-likeness (QED) is 0.756. The van der Waals surface area contributed by atoms with E-state index >= 15 is 0 Å². The fourth-order valence-electron chi connectivity index (χ4n) is 2.01. The van der Waals surface area contributed by atoms with Gasteiger partial charge in [0, 0.05) is 10.9 Å². The second-order valence-electron chi connectivity index (χ2n) is 4.54. The molecule has 0 radical (unpaired) electrons. The van der Waals surface area contributed by atoms with Crippen molar-refractivity contribution < 1.29 is 4.84 Å². The van der Waals surface area contributed by atoms with Crippen LogP contribution in [0.3, 0.4) is 0 Å². The highest BCUT2D eigenvalue weighted by atomic mass is 16.6. The summed E-state index contributed by atoms with van der Waals surface area (Å²) in [5.74, 6) is 0. The molecule has 3 nitrogen and oxygen atoms in total. The van der Waals surface area contributed by atoms with E-state index in [4.69, 9.17) is 4.84 Å². The van der Waals surface area contributed by atoms with Crippen LogP contribution >= 0.6 is 0 Å². The number of hydrogen-bond acceptors (Lipinski definition) is 3. The van der Waals surface area contributed by atoms with Crippen LogP contribution in [-0.2, 0) is 4.84 Å². The van der Waals surface area contributed by atoms with Crippen molar-refractivity contribution in [2.24, 2.45) is 10.4 Å². The third-order valence-electron chi connectivity index (χ3n) is 3.02. The van der Waals surface area contributed by atoms with Gasteiger partial charge in [-0.1, -0.05) is 60.7 Å². The summed E-state index contributed by atoms with van der Waals surface area (Å²) in [5.41, 5.74) is 3.89. The highest BCUT2D eigenvalue weighted by Gasteiger charge is 2.05. The molecule has 0 saturated carbocycles. The Bertz CT molecular complexity index is 650. The van der Waals surface area contributed by atoms with Crippen LogP contribution in [0.2, 0.25) is 0 Å². The lowest BCUT2D eigenvalue weighted by molar-refractivity contribution is 0.243. The van der Waals surface area contributed by atoms with Gasteiger partial charge in [-0.25, -0.2) is 0 Å². The van der Waals surface area contributed by atoms with Crippen molar-refractivity contribution in [3.05, 3.63) is 95.4 Å². The average Bonchev–Trinajstić information content (AvgIpc) is 2.75. The standard InChI is InChI=1S/C18H14N2O/c1-3-7-15(8-4-1)13-17-11-12-21-20-19-18(17)14-16-9-5-2-6-10-16/h1-14H. The Morgan fingerprint density at radius 2 is 1.38 bits per heavy atom. The van der Waals surface area contributed by atoms with Gasteiger partial charge in [0.2, 0.25) is 0 Å². The van der Waals surface area contributed by atoms with E-state index in [2.05, 4.69) is 16.5 Å². The molecule has 1 heterocycles. The average molecular weight is 274 g/mol. The van der Waals surface area contributed by atoms with E-state index < -0.39 is 0 Å². The highest BCUT2D eigenvalue weighted by molar-refractivity contribution is 5.68. The Hall–Kier alpha value is -2.94. The first-order valence-corrected chi connectivity index (χ1v) is 6.69. The molecule has 0 bridgehead atoms. The Morgan fingerprint density at radius 3 is 2.05 bits per heavy atom. The van der Waals surface area contributed by atoms with E-state index in [1.54, 1.807) is 0 Å². The van der Waals surface area contributed by atoms with Crippen molar-refractivity contribution in [3.8, 4) is 0 Å². The summed E-state index contributed by atoms with van der Waals surface area (Å²) in [6.07, 6.45) is 7.43. The van der Waals surface area contributed by atoms with Gasteiger partial charge in [-0.3, -0.25) is 0 Å². The Morgan fingerprint density at radius 1 is 0.762 bits per heavy atom. The van der Waals surface area contributed by atoms with Crippen LogP contribution in [-0.4, -0.2) is 0 Å². The fourth-order valence-corrected chi connectivity index (χ4v) is 2.01. The lowest BCUT2D eigenvalue weighted by Gasteiger charge is -2.01. The first-order chi connectivity index (χ1) is 10.4. The summed E-state index contributed by atoms with van der Waals surface area (Å²) in [5, 5.41) is 7.80. The van der Waals surface area contributed by atoms with Gasteiger partial charge < -0.3 is 4.84 Å². The zero-order chi connectivity index (χ0) is 14.3. The van der Waals surface area contributed by atoms with E-state index in [1.807, 2.05) is 72.8 Å². The van der Waals surface area contributed by atoms with Crippen molar-refractivity contribution in [2.75, 3.05) is 0 Å². The van der Waals surface area contributed by atoms with Gasteiger partial charge in [0.15, 0.2) is 0 Å². The van der Waals surface area contributed by atoms with Crippen LogP contribution in [0.4, 0.5) is 0 Å². The molecule has 3 rings (SSSR count). The summed E-state index contributed by atoms with van der Waals surface area (Å²) in [4.78, 5) is 4.93. The molecule has 3 heteroatoms. The van der Waals surface area contributed by atoms with E-state index in [-0.39, 0.29) is 0 Å². The van der Waals surface area contributed by atoms with E-state index in [1.165, 1.54) is 6.26 Å². The number of rotatable bonds is 2. The predicted molar refractivity (Wildman–Crippen MR) is 83.9 cm³/mol. The molecule has 0 amide bonds. The monoisotopic (exact) mass is 274 g/mol. The zero-order valence-electron chi connectivity index (χ0n) is 11.4. The van der Waals surface area contributed by atoms with Crippen LogP contribution in [0.5, 0.6) is 0 Å². The zero-order valence-corrected chi connectivity index (χ0v) is 11.4. The molecular weight excluding hydrogens is 260 g/mol. The minimum absolute atomic E-state index is 0.763. The highest BCUT2D eigenvalue weighted by Crippen LogP contribution is 2.22. The van der Waals surface area contributed by atoms with Crippen molar-refractivity contribution in [2.45, 2.75) is 0 Å². The molecule has 2 aromatic carbocycles. The van der Waals surface area contributed by atoms with Crippen molar-refractivity contribution in [3.63, 3.8) is 0 Å². The van der Waals surface area contributed by atoms with E-state index in [9.17, 15) is 0 Å². The molecule has 0 saturated heterocycles. The van der Waals surface area contributed by atoms with Gasteiger partial charge >= 0.3 is 0 Å². The Balaban J connectivity index is 2.02. The summed E-state index contributed by atoms with van der Waals surface area (Å²) >= 11 is 0. The first-order valence-electron chi connectivity index (χ1n) is 6.69. The van der Waals surface area contributed by atoms with Gasteiger partial charge in [-0.2, -0.15) is 0 Å². The van der Waals surface area contributed by atoms with E-state index in [0.717, 1.165) is 22.4 Å².